The Bertz CT molecular complexity index is 875. The van der Waals surface area contributed by atoms with Gasteiger partial charge in [-0.3, -0.25) is 4.40 Å². The summed E-state index contributed by atoms with van der Waals surface area (Å²) < 4.78 is 20.9. The Morgan fingerprint density at radius 3 is 2.77 bits per heavy atom. The van der Waals surface area contributed by atoms with Gasteiger partial charge in [-0.15, -0.1) is 0 Å². The molecule has 2 heterocycles. The minimum absolute atomic E-state index is 0.277. The summed E-state index contributed by atoms with van der Waals surface area (Å²) in [5, 5.41) is 0. The van der Waals surface area contributed by atoms with Gasteiger partial charge < -0.3 is 4.74 Å². The second-order valence-corrected chi connectivity index (χ2v) is 5.45. The van der Waals surface area contributed by atoms with Crippen LogP contribution in [-0.4, -0.2) is 23.1 Å². The van der Waals surface area contributed by atoms with Gasteiger partial charge in [0.1, 0.15) is 23.8 Å². The molecule has 2 aromatic heterocycles. The lowest BCUT2D eigenvalue weighted by atomic mass is 10.1. The van der Waals surface area contributed by atoms with E-state index in [1.807, 2.05) is 22.7 Å². The van der Waals surface area contributed by atoms with E-state index in [4.69, 9.17) is 4.74 Å². The number of methoxy groups -OCH3 is 1. The Balaban J connectivity index is 2.24. The highest BCUT2D eigenvalue weighted by molar-refractivity contribution is 9.10. The summed E-state index contributed by atoms with van der Waals surface area (Å²) in [5.74, 6) is 5.76. The number of rotatable bonds is 2. The number of aromatic nitrogens is 2. The van der Waals surface area contributed by atoms with Crippen molar-refractivity contribution in [3.8, 4) is 23.1 Å². The molecule has 0 N–H and O–H groups in total. The van der Waals surface area contributed by atoms with Gasteiger partial charge in [-0.2, -0.15) is 0 Å². The molecule has 0 aliphatic heterocycles. The van der Waals surface area contributed by atoms with Gasteiger partial charge in [0.2, 0.25) is 0 Å². The van der Waals surface area contributed by atoms with Crippen LogP contribution in [0.5, 0.6) is 0 Å². The second kappa shape index (κ2) is 6.30. The molecule has 3 rings (SSSR count). The van der Waals surface area contributed by atoms with Crippen LogP contribution in [0.2, 0.25) is 0 Å². The maximum atomic E-state index is 13.1. The highest BCUT2D eigenvalue weighted by Gasteiger charge is 2.14. The number of nitrogens with zero attached hydrogens (tertiary/aromatic N) is 2. The van der Waals surface area contributed by atoms with E-state index in [0.717, 1.165) is 27.1 Å². The zero-order valence-corrected chi connectivity index (χ0v) is 13.4. The zero-order valence-electron chi connectivity index (χ0n) is 11.8. The predicted molar refractivity (Wildman–Crippen MR) is 87.0 cm³/mol. The minimum Gasteiger partial charge on any atom is -0.372 e. The summed E-state index contributed by atoms with van der Waals surface area (Å²) in [6.07, 6.45) is 1.90. The van der Waals surface area contributed by atoms with E-state index in [1.165, 1.54) is 12.1 Å². The molecule has 0 saturated carbocycles. The number of pyridine rings is 1. The summed E-state index contributed by atoms with van der Waals surface area (Å²) in [7, 11) is 1.60. The highest BCUT2D eigenvalue weighted by Crippen LogP contribution is 2.27. The number of ether oxygens (including phenoxy) is 1. The average Bonchev–Trinajstić information content (AvgIpc) is 2.89. The summed E-state index contributed by atoms with van der Waals surface area (Å²) in [6.45, 7) is 0.337. The van der Waals surface area contributed by atoms with E-state index in [2.05, 4.69) is 32.8 Å². The Morgan fingerprint density at radius 2 is 2.05 bits per heavy atom. The minimum atomic E-state index is -0.277. The molecule has 0 aliphatic rings. The van der Waals surface area contributed by atoms with Gasteiger partial charge in [-0.05, 0) is 58.2 Å². The topological polar surface area (TPSA) is 26.5 Å². The van der Waals surface area contributed by atoms with Gasteiger partial charge >= 0.3 is 0 Å². The first-order valence-corrected chi connectivity index (χ1v) is 7.40. The zero-order chi connectivity index (χ0) is 15.5. The molecule has 0 radical (unpaired) electrons. The SMILES string of the molecule is COCC#Cc1c(-c2ccc(F)cc2)nc2c(Br)cccn12. The summed E-state index contributed by atoms with van der Waals surface area (Å²) in [4.78, 5) is 4.64. The standard InChI is InChI=1S/C17H12BrFN2O/c1-22-11-3-5-15-16(12-6-8-13(19)9-7-12)20-17-14(18)4-2-10-21(15)17/h2,4,6-10H,11H2,1H3. The van der Waals surface area contributed by atoms with Crippen molar-refractivity contribution in [2.75, 3.05) is 13.7 Å². The third kappa shape index (κ3) is 2.76. The molecule has 0 fully saturated rings. The van der Waals surface area contributed by atoms with Crippen LogP contribution in [0.15, 0.2) is 47.1 Å². The molecule has 1 aromatic carbocycles. The Labute approximate surface area is 135 Å². The van der Waals surface area contributed by atoms with Crippen molar-refractivity contribution in [2.24, 2.45) is 0 Å². The number of imidazole rings is 1. The fourth-order valence-electron chi connectivity index (χ4n) is 2.15. The molecule has 22 heavy (non-hydrogen) atoms. The van der Waals surface area contributed by atoms with Crippen LogP contribution in [-0.2, 0) is 4.74 Å². The normalized spacial score (nSPS) is 10.5. The lowest BCUT2D eigenvalue weighted by Crippen LogP contribution is -1.90. The second-order valence-electron chi connectivity index (χ2n) is 4.60. The van der Waals surface area contributed by atoms with E-state index < -0.39 is 0 Å². The highest BCUT2D eigenvalue weighted by atomic mass is 79.9. The smallest absolute Gasteiger partial charge is 0.152 e. The van der Waals surface area contributed by atoms with Crippen molar-refractivity contribution in [3.05, 3.63) is 58.6 Å². The van der Waals surface area contributed by atoms with Gasteiger partial charge in [-0.1, -0.05) is 5.92 Å². The fourth-order valence-corrected chi connectivity index (χ4v) is 2.59. The predicted octanol–water partition coefficient (Wildman–Crippen LogP) is 3.90. The van der Waals surface area contributed by atoms with Crippen LogP contribution in [0.3, 0.4) is 0 Å². The monoisotopic (exact) mass is 358 g/mol. The molecule has 0 bridgehead atoms. The van der Waals surface area contributed by atoms with Crippen molar-refractivity contribution in [2.45, 2.75) is 0 Å². The van der Waals surface area contributed by atoms with Crippen LogP contribution >= 0.6 is 15.9 Å². The molecule has 3 aromatic rings. The molecule has 0 atom stereocenters. The maximum Gasteiger partial charge on any atom is 0.152 e. The first-order chi connectivity index (χ1) is 10.7. The summed E-state index contributed by atoms with van der Waals surface area (Å²) in [6, 6.07) is 10.1. The van der Waals surface area contributed by atoms with Gasteiger partial charge in [0.25, 0.3) is 0 Å². The Kier molecular flexibility index (Phi) is 4.23. The van der Waals surface area contributed by atoms with Gasteiger partial charge in [0.15, 0.2) is 5.65 Å². The number of hydrogen-bond acceptors (Lipinski definition) is 2. The molecule has 0 saturated heterocycles. The van der Waals surface area contributed by atoms with Crippen LogP contribution in [0.25, 0.3) is 16.9 Å². The van der Waals surface area contributed by atoms with Crippen molar-refractivity contribution in [3.63, 3.8) is 0 Å². The summed E-state index contributed by atoms with van der Waals surface area (Å²) in [5.41, 5.74) is 3.05. The number of halogens is 2. The molecule has 0 unspecified atom stereocenters. The van der Waals surface area contributed by atoms with Crippen molar-refractivity contribution < 1.29 is 9.13 Å². The van der Waals surface area contributed by atoms with Crippen LogP contribution in [0.1, 0.15) is 5.69 Å². The van der Waals surface area contributed by atoms with Crippen LogP contribution in [0.4, 0.5) is 4.39 Å². The van der Waals surface area contributed by atoms with E-state index in [-0.39, 0.29) is 5.82 Å². The molecule has 0 amide bonds. The quantitative estimate of drug-likeness (QED) is 0.649. The lowest BCUT2D eigenvalue weighted by Gasteiger charge is -1.99. The largest absolute Gasteiger partial charge is 0.372 e. The first kappa shape index (κ1) is 14.8. The molecule has 110 valence electrons. The van der Waals surface area contributed by atoms with E-state index in [9.17, 15) is 4.39 Å². The molecule has 0 spiro atoms. The van der Waals surface area contributed by atoms with Crippen LogP contribution in [0, 0.1) is 17.7 Å². The maximum absolute atomic E-state index is 13.1. The average molecular weight is 359 g/mol. The van der Waals surface area contributed by atoms with E-state index in [1.54, 1.807) is 19.2 Å². The van der Waals surface area contributed by atoms with Crippen molar-refractivity contribution in [1.82, 2.24) is 9.38 Å². The molecule has 3 nitrogen and oxygen atoms in total. The first-order valence-electron chi connectivity index (χ1n) is 6.61. The van der Waals surface area contributed by atoms with Gasteiger partial charge in [0.05, 0.1) is 4.47 Å². The Hall–Kier alpha value is -2.16. The van der Waals surface area contributed by atoms with Crippen LogP contribution < -0.4 is 0 Å². The molecule has 5 heteroatoms. The van der Waals surface area contributed by atoms with Crippen molar-refractivity contribution in [1.29, 1.82) is 0 Å². The van der Waals surface area contributed by atoms with E-state index in [0.29, 0.717) is 6.61 Å². The van der Waals surface area contributed by atoms with E-state index >= 15 is 0 Å². The van der Waals surface area contributed by atoms with Gasteiger partial charge in [-0.25, -0.2) is 9.37 Å². The number of fused-ring (bicyclic) bond motifs is 1. The molecular weight excluding hydrogens is 347 g/mol. The third-order valence-electron chi connectivity index (χ3n) is 3.14. The fraction of sp³-hybridized carbons (Fsp3) is 0.118. The van der Waals surface area contributed by atoms with Gasteiger partial charge in [0, 0.05) is 18.9 Å². The summed E-state index contributed by atoms with van der Waals surface area (Å²) >= 11 is 3.49. The van der Waals surface area contributed by atoms with Crippen molar-refractivity contribution >= 4 is 21.6 Å². The molecular formula is C17H12BrFN2O. The third-order valence-corrected chi connectivity index (χ3v) is 3.76. The lowest BCUT2D eigenvalue weighted by molar-refractivity contribution is 0.240. The Morgan fingerprint density at radius 1 is 1.27 bits per heavy atom. The number of benzene rings is 1. The number of hydrogen-bond donors (Lipinski definition) is 0. The molecule has 0 aliphatic carbocycles.